The molecule has 1 atom stereocenters. The first-order chi connectivity index (χ1) is 15.3. The molecule has 3 aromatic carbocycles. The largest absolute Gasteiger partial charge is 0.322 e. The number of anilines is 2. The first-order valence-electron chi connectivity index (χ1n) is 10.2. The van der Waals surface area contributed by atoms with Gasteiger partial charge in [-0.05, 0) is 53.4 Å². The van der Waals surface area contributed by atoms with Gasteiger partial charge in [0, 0.05) is 16.4 Å². The Bertz CT molecular complexity index is 1160. The molecule has 1 heterocycles. The van der Waals surface area contributed by atoms with Crippen LogP contribution in [0.25, 0.3) is 0 Å². The minimum Gasteiger partial charge on any atom is -0.322 e. The van der Waals surface area contributed by atoms with E-state index < -0.39 is 0 Å². The quantitative estimate of drug-likeness (QED) is 0.418. The molecule has 1 saturated heterocycles. The lowest BCUT2D eigenvalue weighted by Crippen LogP contribution is -2.29. The van der Waals surface area contributed by atoms with Gasteiger partial charge in [0.05, 0.1) is 16.3 Å². The third-order valence-electron chi connectivity index (χ3n) is 5.32. The normalized spacial score (nSPS) is 16.0. The number of carbonyl (C=O) groups excluding carboxylic acids is 2. The van der Waals surface area contributed by atoms with Crippen molar-refractivity contribution in [2.45, 2.75) is 25.1 Å². The van der Waals surface area contributed by atoms with Gasteiger partial charge in [0.25, 0.3) is 5.91 Å². The second-order valence-corrected chi connectivity index (χ2v) is 9.75. The molecule has 4 nitrogen and oxygen atoms in total. The number of carbonyl (C=O) groups is 2. The molecule has 0 spiro atoms. The van der Waals surface area contributed by atoms with E-state index in [1.807, 2.05) is 47.4 Å². The maximum absolute atomic E-state index is 12.8. The van der Waals surface area contributed by atoms with Crippen LogP contribution in [0.4, 0.5) is 11.4 Å². The van der Waals surface area contributed by atoms with Crippen molar-refractivity contribution >= 4 is 58.2 Å². The van der Waals surface area contributed by atoms with E-state index in [1.165, 1.54) is 0 Å². The molecule has 0 radical (unpaired) electrons. The second-order valence-electron chi connectivity index (χ2n) is 7.84. The summed E-state index contributed by atoms with van der Waals surface area (Å²) in [6.45, 7) is 4.26. The fourth-order valence-electron chi connectivity index (χ4n) is 3.73. The van der Waals surface area contributed by atoms with E-state index >= 15 is 0 Å². The minimum atomic E-state index is -0.308. The van der Waals surface area contributed by atoms with Crippen molar-refractivity contribution in [3.63, 3.8) is 0 Å². The number of hydrogen-bond acceptors (Lipinski definition) is 3. The number of amides is 2. The van der Waals surface area contributed by atoms with Gasteiger partial charge in [-0.2, -0.15) is 0 Å². The minimum absolute atomic E-state index is 0.0999. The number of benzene rings is 3. The summed E-state index contributed by atoms with van der Waals surface area (Å²) >= 11 is 13.7. The van der Waals surface area contributed by atoms with Crippen LogP contribution in [0, 0.1) is 0 Å². The fraction of sp³-hybridized carbons (Fsp3) is 0.200. The molecule has 0 unspecified atom stereocenters. The van der Waals surface area contributed by atoms with E-state index in [0.717, 1.165) is 16.8 Å². The zero-order chi connectivity index (χ0) is 22.8. The van der Waals surface area contributed by atoms with Gasteiger partial charge < -0.3 is 5.32 Å². The Balaban J connectivity index is 1.56. The van der Waals surface area contributed by atoms with E-state index in [4.69, 9.17) is 23.2 Å². The predicted octanol–water partition coefficient (Wildman–Crippen LogP) is 7.15. The van der Waals surface area contributed by atoms with Crippen molar-refractivity contribution in [1.82, 2.24) is 0 Å². The zero-order valence-corrected chi connectivity index (χ0v) is 20.0. The van der Waals surface area contributed by atoms with Crippen molar-refractivity contribution in [1.29, 1.82) is 0 Å². The van der Waals surface area contributed by atoms with Crippen LogP contribution in [0.15, 0.2) is 66.7 Å². The van der Waals surface area contributed by atoms with E-state index in [1.54, 1.807) is 30.0 Å². The van der Waals surface area contributed by atoms with Gasteiger partial charge in [0.2, 0.25) is 5.91 Å². The summed E-state index contributed by atoms with van der Waals surface area (Å²) in [4.78, 5) is 27.2. The smallest absolute Gasteiger partial charge is 0.257 e. The number of thioether (sulfide) groups is 1. The van der Waals surface area contributed by atoms with Crippen LogP contribution < -0.4 is 10.2 Å². The number of hydrogen-bond donors (Lipinski definition) is 1. The molecule has 1 fully saturated rings. The number of halogens is 2. The molecule has 3 aromatic rings. The SMILES string of the molecule is CC(C)c1ccccc1N1C(=O)CS[C@@H]1c1ccc(NC(=O)c2ccc(Cl)cc2Cl)cc1. The summed E-state index contributed by atoms with van der Waals surface area (Å²) in [5, 5.41) is 3.52. The summed E-state index contributed by atoms with van der Waals surface area (Å²) in [7, 11) is 0. The standard InChI is InChI=1S/C25H22Cl2N2O2S/c1-15(2)19-5-3-4-6-22(19)29-23(30)14-32-25(29)16-7-10-18(11-8-16)28-24(31)20-12-9-17(26)13-21(20)27/h3-13,15,25H,14H2,1-2H3,(H,28,31)/t25-/m1/s1. The molecule has 0 bridgehead atoms. The fourth-order valence-corrected chi connectivity index (χ4v) is 5.39. The van der Waals surface area contributed by atoms with Crippen molar-refractivity contribution in [3.05, 3.63) is 93.5 Å². The van der Waals surface area contributed by atoms with Crippen molar-refractivity contribution < 1.29 is 9.59 Å². The average molecular weight is 485 g/mol. The van der Waals surface area contributed by atoms with Crippen molar-refractivity contribution in [2.75, 3.05) is 16.0 Å². The Labute approximate surface area is 201 Å². The van der Waals surface area contributed by atoms with Crippen LogP contribution in [-0.2, 0) is 4.79 Å². The molecule has 0 aliphatic carbocycles. The lowest BCUT2D eigenvalue weighted by Gasteiger charge is -2.27. The number of nitrogens with one attached hydrogen (secondary N) is 1. The monoisotopic (exact) mass is 484 g/mol. The van der Waals surface area contributed by atoms with Crippen LogP contribution >= 0.6 is 35.0 Å². The molecule has 1 aliphatic heterocycles. The molecule has 1 aliphatic rings. The molecule has 0 aromatic heterocycles. The molecule has 32 heavy (non-hydrogen) atoms. The van der Waals surface area contributed by atoms with E-state index in [2.05, 4.69) is 25.2 Å². The Morgan fingerprint density at radius 2 is 1.78 bits per heavy atom. The summed E-state index contributed by atoms with van der Waals surface area (Å²) in [6.07, 6.45) is 0. The molecular weight excluding hydrogens is 463 g/mol. The van der Waals surface area contributed by atoms with Crippen LogP contribution in [0.5, 0.6) is 0 Å². The lowest BCUT2D eigenvalue weighted by atomic mass is 10.00. The Kier molecular flexibility index (Phi) is 6.79. The third-order valence-corrected chi connectivity index (χ3v) is 7.08. The summed E-state index contributed by atoms with van der Waals surface area (Å²) in [5.41, 5.74) is 4.11. The van der Waals surface area contributed by atoms with Gasteiger partial charge in [-0.1, -0.05) is 67.4 Å². The lowest BCUT2D eigenvalue weighted by molar-refractivity contribution is -0.115. The summed E-state index contributed by atoms with van der Waals surface area (Å²) in [5.74, 6) is 0.535. The highest BCUT2D eigenvalue weighted by Crippen LogP contribution is 2.44. The van der Waals surface area contributed by atoms with Gasteiger partial charge in [-0.15, -0.1) is 11.8 Å². The number of rotatable bonds is 5. The zero-order valence-electron chi connectivity index (χ0n) is 17.6. The van der Waals surface area contributed by atoms with Gasteiger partial charge in [0.1, 0.15) is 5.37 Å². The first-order valence-corrected chi connectivity index (χ1v) is 12.0. The van der Waals surface area contributed by atoms with Gasteiger partial charge in [-0.3, -0.25) is 14.5 Å². The molecule has 4 rings (SSSR count). The van der Waals surface area contributed by atoms with Gasteiger partial charge in [-0.25, -0.2) is 0 Å². The molecule has 7 heteroatoms. The highest BCUT2D eigenvalue weighted by molar-refractivity contribution is 8.00. The predicted molar refractivity (Wildman–Crippen MR) is 134 cm³/mol. The van der Waals surface area contributed by atoms with Crippen LogP contribution in [0.2, 0.25) is 10.0 Å². The van der Waals surface area contributed by atoms with Crippen LogP contribution in [-0.4, -0.2) is 17.6 Å². The first kappa shape index (κ1) is 22.7. The molecule has 2 amide bonds. The van der Waals surface area contributed by atoms with E-state index in [-0.39, 0.29) is 17.2 Å². The van der Waals surface area contributed by atoms with E-state index in [9.17, 15) is 9.59 Å². The second kappa shape index (κ2) is 9.57. The highest BCUT2D eigenvalue weighted by Gasteiger charge is 2.35. The summed E-state index contributed by atoms with van der Waals surface area (Å²) in [6, 6.07) is 20.4. The molecular formula is C25H22Cl2N2O2S. The topological polar surface area (TPSA) is 49.4 Å². The van der Waals surface area contributed by atoms with Crippen molar-refractivity contribution in [2.24, 2.45) is 0 Å². The average Bonchev–Trinajstić information content (AvgIpc) is 3.15. The van der Waals surface area contributed by atoms with Gasteiger partial charge in [0.15, 0.2) is 0 Å². The van der Waals surface area contributed by atoms with E-state index in [0.29, 0.717) is 33.0 Å². The number of para-hydroxylation sites is 1. The highest BCUT2D eigenvalue weighted by atomic mass is 35.5. The number of nitrogens with zero attached hydrogens (tertiary/aromatic N) is 1. The maximum Gasteiger partial charge on any atom is 0.257 e. The Morgan fingerprint density at radius 3 is 2.47 bits per heavy atom. The molecule has 0 saturated carbocycles. The Morgan fingerprint density at radius 1 is 1.06 bits per heavy atom. The van der Waals surface area contributed by atoms with Crippen molar-refractivity contribution in [3.8, 4) is 0 Å². The Hall–Kier alpha value is -2.47. The molecule has 164 valence electrons. The van der Waals surface area contributed by atoms with Gasteiger partial charge >= 0.3 is 0 Å². The third kappa shape index (κ3) is 4.65. The summed E-state index contributed by atoms with van der Waals surface area (Å²) < 4.78 is 0. The van der Waals surface area contributed by atoms with Crippen LogP contribution in [0.3, 0.4) is 0 Å². The molecule has 1 N–H and O–H groups in total. The van der Waals surface area contributed by atoms with Crippen LogP contribution in [0.1, 0.15) is 46.6 Å². The maximum atomic E-state index is 12.8.